The van der Waals surface area contributed by atoms with Gasteiger partial charge in [0.15, 0.2) is 0 Å². The third-order valence-electron chi connectivity index (χ3n) is 5.31. The third kappa shape index (κ3) is 5.19. The van der Waals surface area contributed by atoms with E-state index < -0.39 is 6.10 Å². The van der Waals surface area contributed by atoms with Gasteiger partial charge in [-0.15, -0.1) is 11.3 Å². The summed E-state index contributed by atoms with van der Waals surface area (Å²) in [4.78, 5) is 4.86. The van der Waals surface area contributed by atoms with Crippen molar-refractivity contribution in [3.63, 3.8) is 0 Å². The molecule has 0 radical (unpaired) electrons. The zero-order valence-corrected chi connectivity index (χ0v) is 17.0. The van der Waals surface area contributed by atoms with Crippen molar-refractivity contribution in [2.24, 2.45) is 0 Å². The predicted molar refractivity (Wildman–Crippen MR) is 116 cm³/mol. The van der Waals surface area contributed by atoms with Crippen LogP contribution < -0.4 is 0 Å². The Kier molecular flexibility index (Phi) is 6.73. The van der Waals surface area contributed by atoms with E-state index in [0.717, 1.165) is 38.3 Å². The molecule has 3 aromatic rings. The molecule has 1 atom stereocenters. The van der Waals surface area contributed by atoms with Crippen molar-refractivity contribution < 1.29 is 9.84 Å². The second kappa shape index (κ2) is 9.63. The maximum absolute atomic E-state index is 10.3. The minimum absolute atomic E-state index is 0.385. The molecule has 4 nitrogen and oxygen atoms in total. The molecule has 1 saturated heterocycles. The van der Waals surface area contributed by atoms with Crippen LogP contribution in [0.5, 0.6) is 0 Å². The Morgan fingerprint density at radius 1 is 0.929 bits per heavy atom. The van der Waals surface area contributed by atoms with E-state index in [1.165, 1.54) is 15.6 Å². The molecular weight excluding hydrogens is 368 g/mol. The molecule has 0 aliphatic carbocycles. The first-order valence-electron chi connectivity index (χ1n) is 9.97. The summed E-state index contributed by atoms with van der Waals surface area (Å²) in [5.41, 5.74) is 2.58. The lowest BCUT2D eigenvalue weighted by Crippen LogP contribution is -2.48. The van der Waals surface area contributed by atoms with Crippen molar-refractivity contribution in [3.8, 4) is 0 Å². The summed E-state index contributed by atoms with van der Waals surface area (Å²) in [5, 5.41) is 14.0. The highest BCUT2D eigenvalue weighted by Gasteiger charge is 2.20. The number of aliphatic hydroxyl groups is 1. The second-order valence-electron chi connectivity index (χ2n) is 7.49. The van der Waals surface area contributed by atoms with Crippen LogP contribution in [-0.2, 0) is 17.9 Å². The van der Waals surface area contributed by atoms with Crippen molar-refractivity contribution in [2.75, 3.05) is 39.3 Å². The van der Waals surface area contributed by atoms with Crippen molar-refractivity contribution in [1.82, 2.24) is 9.80 Å². The third-order valence-corrected chi connectivity index (χ3v) is 6.32. The second-order valence-corrected chi connectivity index (χ2v) is 8.40. The molecular formula is C23H28N2O2S. The van der Waals surface area contributed by atoms with Crippen molar-refractivity contribution in [1.29, 1.82) is 0 Å². The summed E-state index contributed by atoms with van der Waals surface area (Å²) in [5.74, 6) is 0. The maximum Gasteiger partial charge on any atom is 0.0900 e. The van der Waals surface area contributed by atoms with E-state index >= 15 is 0 Å². The van der Waals surface area contributed by atoms with Crippen LogP contribution in [0.3, 0.4) is 0 Å². The number of ether oxygens (including phenoxy) is 1. The number of thiophene rings is 1. The van der Waals surface area contributed by atoms with Crippen LogP contribution in [-0.4, -0.2) is 60.3 Å². The topological polar surface area (TPSA) is 35.9 Å². The van der Waals surface area contributed by atoms with Gasteiger partial charge in [-0.1, -0.05) is 48.5 Å². The molecule has 148 valence electrons. The Morgan fingerprint density at radius 2 is 1.64 bits per heavy atom. The van der Waals surface area contributed by atoms with Gasteiger partial charge in [-0.05, 0) is 28.0 Å². The van der Waals surface area contributed by atoms with Crippen molar-refractivity contribution >= 4 is 21.4 Å². The van der Waals surface area contributed by atoms with Gasteiger partial charge < -0.3 is 9.84 Å². The Hall–Kier alpha value is -1.76. The number of aliphatic hydroxyl groups excluding tert-OH is 1. The average molecular weight is 397 g/mol. The first-order valence-corrected chi connectivity index (χ1v) is 10.9. The minimum Gasteiger partial charge on any atom is -0.389 e. The van der Waals surface area contributed by atoms with Crippen molar-refractivity contribution in [3.05, 3.63) is 71.1 Å². The average Bonchev–Trinajstić information content (AvgIpc) is 3.13. The van der Waals surface area contributed by atoms with Gasteiger partial charge in [0.05, 0.1) is 19.3 Å². The summed E-state index contributed by atoms with van der Waals surface area (Å²) in [6.45, 7) is 6.72. The Balaban J connectivity index is 1.18. The fraction of sp³-hybridized carbons (Fsp3) is 0.391. The highest BCUT2D eigenvalue weighted by atomic mass is 32.1. The van der Waals surface area contributed by atoms with Crippen LogP contribution in [0.15, 0.2) is 60.0 Å². The van der Waals surface area contributed by atoms with Crippen LogP contribution in [0.4, 0.5) is 0 Å². The molecule has 0 amide bonds. The van der Waals surface area contributed by atoms with E-state index in [0.29, 0.717) is 19.8 Å². The number of benzene rings is 2. The molecule has 0 saturated carbocycles. The van der Waals surface area contributed by atoms with Gasteiger partial charge in [0.2, 0.25) is 0 Å². The summed E-state index contributed by atoms with van der Waals surface area (Å²) < 4.78 is 7.04. The molecule has 0 spiro atoms. The first kappa shape index (κ1) is 19.6. The van der Waals surface area contributed by atoms with Gasteiger partial charge in [0.25, 0.3) is 0 Å². The Bertz CT molecular complexity index is 859. The molecule has 1 fully saturated rings. The summed E-state index contributed by atoms with van der Waals surface area (Å²) in [6, 6.07) is 18.8. The number of piperazine rings is 1. The number of nitrogens with zero attached hydrogens (tertiary/aromatic N) is 2. The zero-order chi connectivity index (χ0) is 19.2. The van der Waals surface area contributed by atoms with E-state index in [9.17, 15) is 5.11 Å². The fourth-order valence-electron chi connectivity index (χ4n) is 3.76. The summed E-state index contributed by atoms with van der Waals surface area (Å²) >= 11 is 1.83. The quantitative estimate of drug-likeness (QED) is 0.631. The minimum atomic E-state index is -0.434. The molecule has 2 aromatic carbocycles. The SMILES string of the molecule is OC(COCc1ccccc1)CN1CCN(Cc2csc3ccccc23)CC1. The van der Waals surface area contributed by atoms with E-state index in [-0.39, 0.29) is 0 Å². The smallest absolute Gasteiger partial charge is 0.0900 e. The highest BCUT2D eigenvalue weighted by Crippen LogP contribution is 2.26. The van der Waals surface area contributed by atoms with Crippen LogP contribution in [0.2, 0.25) is 0 Å². The van der Waals surface area contributed by atoms with E-state index in [1.807, 2.05) is 41.7 Å². The van der Waals surface area contributed by atoms with Gasteiger partial charge >= 0.3 is 0 Å². The standard InChI is InChI=1S/C23H28N2O2S/c26-21(17-27-16-19-6-2-1-3-7-19)15-25-12-10-24(11-13-25)14-20-18-28-23-9-5-4-8-22(20)23/h1-9,18,21,26H,10-17H2. The Labute approximate surface area is 171 Å². The molecule has 5 heteroatoms. The monoisotopic (exact) mass is 396 g/mol. The van der Waals surface area contributed by atoms with Gasteiger partial charge in [-0.25, -0.2) is 0 Å². The van der Waals surface area contributed by atoms with Crippen LogP contribution in [0, 0.1) is 0 Å². The summed E-state index contributed by atoms with van der Waals surface area (Å²) in [6.07, 6.45) is -0.434. The predicted octanol–water partition coefficient (Wildman–Crippen LogP) is 3.60. The van der Waals surface area contributed by atoms with E-state index in [1.54, 1.807) is 0 Å². The molecule has 4 rings (SSSR count). The maximum atomic E-state index is 10.3. The molecule has 1 N–H and O–H groups in total. The van der Waals surface area contributed by atoms with Crippen LogP contribution >= 0.6 is 11.3 Å². The fourth-order valence-corrected chi connectivity index (χ4v) is 4.72. The van der Waals surface area contributed by atoms with Crippen LogP contribution in [0.1, 0.15) is 11.1 Å². The number of hydrogen-bond acceptors (Lipinski definition) is 5. The number of hydrogen-bond donors (Lipinski definition) is 1. The van der Waals surface area contributed by atoms with Crippen LogP contribution in [0.25, 0.3) is 10.1 Å². The van der Waals surface area contributed by atoms with Gasteiger partial charge in [-0.3, -0.25) is 9.80 Å². The Morgan fingerprint density at radius 3 is 2.46 bits per heavy atom. The molecule has 0 bridgehead atoms. The lowest BCUT2D eigenvalue weighted by molar-refractivity contribution is 0.000910. The number of β-amino-alcohol motifs (C(OH)–C–C–N with tert-alkyl or cyclic N) is 1. The largest absolute Gasteiger partial charge is 0.389 e. The number of rotatable bonds is 8. The van der Waals surface area contributed by atoms with E-state index in [4.69, 9.17) is 4.74 Å². The molecule has 1 aliphatic rings. The van der Waals surface area contributed by atoms with Crippen molar-refractivity contribution in [2.45, 2.75) is 19.3 Å². The van der Waals surface area contributed by atoms with Gasteiger partial charge in [0, 0.05) is 44.0 Å². The molecule has 28 heavy (non-hydrogen) atoms. The molecule has 2 heterocycles. The normalized spacial score (nSPS) is 17.2. The molecule has 1 aromatic heterocycles. The first-order chi connectivity index (χ1) is 13.8. The lowest BCUT2D eigenvalue weighted by atomic mass is 10.1. The summed E-state index contributed by atoms with van der Waals surface area (Å²) in [7, 11) is 0. The zero-order valence-electron chi connectivity index (χ0n) is 16.2. The van der Waals surface area contributed by atoms with E-state index in [2.05, 4.69) is 39.4 Å². The highest BCUT2D eigenvalue weighted by molar-refractivity contribution is 7.17. The van der Waals surface area contributed by atoms with Gasteiger partial charge in [-0.2, -0.15) is 0 Å². The lowest BCUT2D eigenvalue weighted by Gasteiger charge is -2.35. The molecule has 1 aliphatic heterocycles. The van der Waals surface area contributed by atoms with Gasteiger partial charge in [0.1, 0.15) is 0 Å². The number of fused-ring (bicyclic) bond motifs is 1. The molecule has 1 unspecified atom stereocenters.